The lowest BCUT2D eigenvalue weighted by molar-refractivity contribution is 0.0425. The molecule has 0 unspecified atom stereocenters. The summed E-state index contributed by atoms with van der Waals surface area (Å²) in [6.07, 6.45) is 3.22. The van der Waals surface area contributed by atoms with Crippen molar-refractivity contribution in [1.29, 1.82) is 0 Å². The summed E-state index contributed by atoms with van der Waals surface area (Å²) in [4.78, 5) is 17.0. The van der Waals surface area contributed by atoms with E-state index >= 15 is 0 Å². The number of benzene rings is 2. The van der Waals surface area contributed by atoms with Gasteiger partial charge in [0.2, 0.25) is 0 Å². The number of rotatable bonds is 5. The molecular weight excluding hydrogens is 407 g/mol. The zero-order valence-corrected chi connectivity index (χ0v) is 17.2. The average Bonchev–Trinajstić information content (AvgIpc) is 2.66. The number of halogens is 2. The van der Waals surface area contributed by atoms with Gasteiger partial charge in [0.25, 0.3) is 0 Å². The average molecular weight is 431 g/mol. The minimum atomic E-state index is -0.498. The topological polar surface area (TPSA) is 23.6 Å². The summed E-state index contributed by atoms with van der Waals surface area (Å²) < 4.78 is 14.4. The van der Waals surface area contributed by atoms with Crippen LogP contribution in [0.1, 0.15) is 36.9 Å². The minimum Gasteiger partial charge on any atom is -0.318 e. The summed E-state index contributed by atoms with van der Waals surface area (Å²) in [7, 11) is 1.83. The van der Waals surface area contributed by atoms with Gasteiger partial charge in [-0.05, 0) is 55.2 Å². The van der Waals surface area contributed by atoms with Gasteiger partial charge in [-0.25, -0.2) is 9.18 Å². The normalized spacial score (nSPS) is 21.3. The quantitative estimate of drug-likeness (QED) is 0.543. The molecule has 0 aliphatic carbocycles. The van der Waals surface area contributed by atoms with Crippen LogP contribution in [0.5, 0.6) is 0 Å². The van der Waals surface area contributed by atoms with Crippen molar-refractivity contribution in [1.82, 2.24) is 9.80 Å². The lowest BCUT2D eigenvalue weighted by Gasteiger charge is -2.50. The molecule has 0 bridgehead atoms. The molecule has 0 N–H and O–H groups in total. The van der Waals surface area contributed by atoms with Gasteiger partial charge >= 0.3 is 6.03 Å². The molecule has 1 aliphatic heterocycles. The number of hydrogen-bond donors (Lipinski definition) is 0. The van der Waals surface area contributed by atoms with Gasteiger partial charge in [0.05, 0.1) is 11.6 Å². The molecule has 27 heavy (non-hydrogen) atoms. The van der Waals surface area contributed by atoms with Crippen LogP contribution in [0, 0.1) is 5.82 Å². The second-order valence-corrected chi connectivity index (χ2v) is 7.96. The summed E-state index contributed by atoms with van der Waals surface area (Å²) in [6, 6.07) is 14.5. The SMILES string of the molecule is C=CC[C@]1(c2ccc(F)cc2)CCN([C@@H](C)c2ccc(Br)cc2)C(=O)N1C. The number of nitrogens with zero attached hydrogens (tertiary/aromatic N) is 2. The van der Waals surface area contributed by atoms with Crippen molar-refractivity contribution < 1.29 is 9.18 Å². The minimum absolute atomic E-state index is 0.0250. The van der Waals surface area contributed by atoms with E-state index in [-0.39, 0.29) is 17.9 Å². The molecule has 142 valence electrons. The van der Waals surface area contributed by atoms with E-state index < -0.39 is 5.54 Å². The van der Waals surface area contributed by atoms with Crippen LogP contribution in [-0.2, 0) is 5.54 Å². The molecule has 5 heteroatoms. The third-order valence-electron chi connectivity index (χ3n) is 5.62. The maximum Gasteiger partial charge on any atom is 0.320 e. The van der Waals surface area contributed by atoms with E-state index in [1.807, 2.05) is 49.2 Å². The highest BCUT2D eigenvalue weighted by Gasteiger charge is 2.45. The molecule has 2 aromatic carbocycles. The lowest BCUT2D eigenvalue weighted by atomic mass is 9.80. The molecule has 2 aromatic rings. The molecule has 1 fully saturated rings. The fraction of sp³-hybridized carbons (Fsp3) is 0.318. The van der Waals surface area contributed by atoms with Crippen LogP contribution in [0.2, 0.25) is 0 Å². The Morgan fingerprint density at radius 3 is 2.44 bits per heavy atom. The highest BCUT2D eigenvalue weighted by Crippen LogP contribution is 2.41. The first-order valence-electron chi connectivity index (χ1n) is 9.06. The van der Waals surface area contributed by atoms with Crippen LogP contribution >= 0.6 is 15.9 Å². The molecule has 3 nitrogen and oxygen atoms in total. The number of hydrogen-bond acceptors (Lipinski definition) is 1. The smallest absolute Gasteiger partial charge is 0.318 e. The van der Waals surface area contributed by atoms with Gasteiger partial charge in [-0.1, -0.05) is 46.3 Å². The number of amides is 2. The van der Waals surface area contributed by atoms with Gasteiger partial charge < -0.3 is 9.80 Å². The fourth-order valence-electron chi connectivity index (χ4n) is 3.92. The zero-order chi connectivity index (χ0) is 19.6. The second kappa shape index (κ2) is 7.85. The van der Waals surface area contributed by atoms with E-state index in [1.54, 1.807) is 17.0 Å². The third-order valence-corrected chi connectivity index (χ3v) is 6.15. The Hall–Kier alpha value is -2.14. The Balaban J connectivity index is 1.90. The Morgan fingerprint density at radius 1 is 1.22 bits per heavy atom. The highest BCUT2D eigenvalue weighted by molar-refractivity contribution is 9.10. The molecule has 2 atom stereocenters. The van der Waals surface area contributed by atoms with Gasteiger partial charge in [-0.15, -0.1) is 6.58 Å². The first-order chi connectivity index (χ1) is 12.9. The van der Waals surface area contributed by atoms with Gasteiger partial charge in [-0.2, -0.15) is 0 Å². The molecule has 0 spiro atoms. The molecule has 0 aromatic heterocycles. The molecule has 3 rings (SSSR count). The Bertz CT molecular complexity index is 821. The van der Waals surface area contributed by atoms with Gasteiger partial charge in [0, 0.05) is 18.1 Å². The number of carbonyl (C=O) groups is 1. The van der Waals surface area contributed by atoms with Crippen molar-refractivity contribution in [3.05, 3.63) is 82.6 Å². The Kier molecular flexibility index (Phi) is 5.70. The second-order valence-electron chi connectivity index (χ2n) is 7.04. The standard InChI is InChI=1S/C22H24BrFN2O/c1-4-13-22(18-7-11-20(24)12-8-18)14-15-26(21(27)25(22)3)16(2)17-5-9-19(23)10-6-17/h4-12,16H,1,13-15H2,2-3H3/t16-,22+/m0/s1. The Labute approximate surface area is 168 Å². The summed E-state index contributed by atoms with van der Waals surface area (Å²) in [5, 5.41) is 0. The molecule has 1 saturated heterocycles. The molecule has 0 saturated carbocycles. The predicted octanol–water partition coefficient (Wildman–Crippen LogP) is 5.88. The van der Waals surface area contributed by atoms with E-state index in [0.717, 1.165) is 22.0 Å². The van der Waals surface area contributed by atoms with Gasteiger partial charge in [0.15, 0.2) is 0 Å². The predicted molar refractivity (Wildman–Crippen MR) is 110 cm³/mol. The molecule has 2 amide bonds. The van der Waals surface area contributed by atoms with E-state index in [1.165, 1.54) is 12.1 Å². The number of urea groups is 1. The summed E-state index contributed by atoms with van der Waals surface area (Å²) in [5.74, 6) is -0.275. The van der Waals surface area contributed by atoms with E-state index in [4.69, 9.17) is 0 Å². The number of carbonyl (C=O) groups excluding carboxylic acids is 1. The lowest BCUT2D eigenvalue weighted by Crippen LogP contribution is -2.58. The summed E-state index contributed by atoms with van der Waals surface area (Å²) >= 11 is 3.45. The first kappa shape index (κ1) is 19.6. The largest absolute Gasteiger partial charge is 0.320 e. The van der Waals surface area contributed by atoms with Crippen LogP contribution in [0.3, 0.4) is 0 Å². The third kappa shape index (κ3) is 3.65. The van der Waals surface area contributed by atoms with Crippen molar-refractivity contribution in [3.63, 3.8) is 0 Å². The van der Waals surface area contributed by atoms with Crippen LogP contribution in [0.25, 0.3) is 0 Å². The van der Waals surface area contributed by atoms with Crippen molar-refractivity contribution in [2.24, 2.45) is 0 Å². The summed E-state index contributed by atoms with van der Waals surface area (Å²) in [6.45, 7) is 6.56. The molecular formula is C22H24BrFN2O. The van der Waals surface area contributed by atoms with Crippen molar-refractivity contribution in [2.75, 3.05) is 13.6 Å². The van der Waals surface area contributed by atoms with Crippen molar-refractivity contribution >= 4 is 22.0 Å². The first-order valence-corrected chi connectivity index (χ1v) is 9.85. The van der Waals surface area contributed by atoms with Gasteiger partial charge in [0.1, 0.15) is 5.82 Å². The highest BCUT2D eigenvalue weighted by atomic mass is 79.9. The maximum absolute atomic E-state index is 13.4. The fourth-order valence-corrected chi connectivity index (χ4v) is 4.18. The molecule has 0 radical (unpaired) electrons. The monoisotopic (exact) mass is 430 g/mol. The summed E-state index contributed by atoms with van der Waals surface area (Å²) in [5.41, 5.74) is 1.54. The van der Waals surface area contributed by atoms with Crippen molar-refractivity contribution in [3.8, 4) is 0 Å². The molecule has 1 aliphatic rings. The Morgan fingerprint density at radius 2 is 1.85 bits per heavy atom. The van der Waals surface area contributed by atoms with Crippen LogP contribution < -0.4 is 0 Å². The van der Waals surface area contributed by atoms with Gasteiger partial charge in [-0.3, -0.25) is 0 Å². The van der Waals surface area contributed by atoms with Crippen LogP contribution in [0.15, 0.2) is 65.7 Å². The van der Waals surface area contributed by atoms with Crippen LogP contribution in [-0.4, -0.2) is 29.4 Å². The zero-order valence-electron chi connectivity index (χ0n) is 15.7. The van der Waals surface area contributed by atoms with Crippen LogP contribution in [0.4, 0.5) is 9.18 Å². The van der Waals surface area contributed by atoms with E-state index in [0.29, 0.717) is 13.0 Å². The molecule has 1 heterocycles. The van der Waals surface area contributed by atoms with E-state index in [9.17, 15) is 9.18 Å². The maximum atomic E-state index is 13.4. The van der Waals surface area contributed by atoms with Crippen molar-refractivity contribution in [2.45, 2.75) is 31.3 Å². The van der Waals surface area contributed by atoms with E-state index in [2.05, 4.69) is 22.5 Å².